The summed E-state index contributed by atoms with van der Waals surface area (Å²) in [4.78, 5) is 3.74. The van der Waals surface area contributed by atoms with Gasteiger partial charge in [0.05, 0.1) is 11.2 Å². The lowest BCUT2D eigenvalue weighted by molar-refractivity contribution is -0.137. The molecule has 2 rings (SSSR count). The SMILES string of the molecule is OC1(CNc2ncccc2C(F)(F)F)CCCCCC1. The molecule has 2 N–H and O–H groups in total. The lowest BCUT2D eigenvalue weighted by Crippen LogP contribution is -2.36. The molecule has 0 spiro atoms. The summed E-state index contributed by atoms with van der Waals surface area (Å²) in [7, 11) is 0. The van der Waals surface area contributed by atoms with Gasteiger partial charge in [-0.25, -0.2) is 4.98 Å². The standard InChI is InChI=1S/C14H19F3N2O/c15-14(16,17)11-6-5-9-18-12(11)19-10-13(20)7-3-1-2-4-8-13/h5-6,9,20H,1-4,7-8,10H2,(H,18,19). The van der Waals surface area contributed by atoms with Crippen LogP contribution >= 0.6 is 0 Å². The maximum atomic E-state index is 12.8. The third-order valence-electron chi connectivity index (χ3n) is 3.73. The number of nitrogens with one attached hydrogen (secondary N) is 1. The number of pyridine rings is 1. The molecule has 1 aliphatic carbocycles. The fourth-order valence-electron chi connectivity index (χ4n) is 2.59. The molecule has 1 aromatic heterocycles. The zero-order valence-electron chi connectivity index (χ0n) is 11.2. The number of alkyl halides is 3. The fraction of sp³-hybridized carbons (Fsp3) is 0.643. The number of halogens is 3. The van der Waals surface area contributed by atoms with Crippen LogP contribution in [0.1, 0.15) is 44.1 Å². The second kappa shape index (κ2) is 5.99. The number of aliphatic hydroxyl groups is 1. The van der Waals surface area contributed by atoms with Crippen molar-refractivity contribution in [3.05, 3.63) is 23.9 Å². The molecule has 0 saturated heterocycles. The normalized spacial score (nSPS) is 19.4. The molecule has 3 nitrogen and oxygen atoms in total. The van der Waals surface area contributed by atoms with Gasteiger partial charge in [-0.1, -0.05) is 25.7 Å². The summed E-state index contributed by atoms with van der Waals surface area (Å²) < 4.78 is 38.5. The summed E-state index contributed by atoms with van der Waals surface area (Å²) in [5, 5.41) is 13.1. The van der Waals surface area contributed by atoms with Crippen molar-refractivity contribution in [3.63, 3.8) is 0 Å². The third-order valence-corrected chi connectivity index (χ3v) is 3.73. The van der Waals surface area contributed by atoms with E-state index < -0.39 is 17.3 Å². The Morgan fingerprint density at radius 2 is 1.85 bits per heavy atom. The number of aromatic nitrogens is 1. The summed E-state index contributed by atoms with van der Waals surface area (Å²) in [6, 6.07) is 2.25. The minimum absolute atomic E-state index is 0.104. The first-order chi connectivity index (χ1) is 9.41. The number of nitrogens with zero attached hydrogens (tertiary/aromatic N) is 1. The molecule has 0 radical (unpaired) electrons. The molecule has 1 aliphatic rings. The van der Waals surface area contributed by atoms with Gasteiger partial charge in [-0.3, -0.25) is 0 Å². The van der Waals surface area contributed by atoms with E-state index in [2.05, 4.69) is 10.3 Å². The molecule has 1 heterocycles. The molecule has 0 unspecified atom stereocenters. The van der Waals surface area contributed by atoms with Crippen LogP contribution in [0.2, 0.25) is 0 Å². The molecule has 0 bridgehead atoms. The van der Waals surface area contributed by atoms with Gasteiger partial charge in [0.1, 0.15) is 5.82 Å². The van der Waals surface area contributed by atoms with Gasteiger partial charge in [-0.05, 0) is 25.0 Å². The number of hydrogen-bond donors (Lipinski definition) is 2. The highest BCUT2D eigenvalue weighted by Gasteiger charge is 2.35. The van der Waals surface area contributed by atoms with Gasteiger partial charge in [0.25, 0.3) is 0 Å². The van der Waals surface area contributed by atoms with Crippen molar-refractivity contribution in [2.24, 2.45) is 0 Å². The first kappa shape index (κ1) is 15.1. The Kier molecular flexibility index (Phi) is 4.52. The predicted molar refractivity (Wildman–Crippen MR) is 70.4 cm³/mol. The first-order valence-electron chi connectivity index (χ1n) is 6.89. The largest absolute Gasteiger partial charge is 0.419 e. The molecule has 1 saturated carbocycles. The zero-order valence-corrected chi connectivity index (χ0v) is 11.2. The second-order valence-electron chi connectivity index (χ2n) is 5.39. The summed E-state index contributed by atoms with van der Waals surface area (Å²) in [5.41, 5.74) is -1.73. The highest BCUT2D eigenvalue weighted by molar-refractivity contribution is 5.45. The molecular weight excluding hydrogens is 269 g/mol. The van der Waals surface area contributed by atoms with E-state index in [4.69, 9.17) is 0 Å². The fourth-order valence-corrected chi connectivity index (χ4v) is 2.59. The Hall–Kier alpha value is -1.30. The second-order valence-corrected chi connectivity index (χ2v) is 5.39. The van der Waals surface area contributed by atoms with E-state index in [0.717, 1.165) is 31.7 Å². The van der Waals surface area contributed by atoms with Gasteiger partial charge >= 0.3 is 6.18 Å². The Balaban J connectivity index is 2.07. The molecule has 6 heteroatoms. The molecule has 0 atom stereocenters. The quantitative estimate of drug-likeness (QED) is 0.835. The van der Waals surface area contributed by atoms with Crippen LogP contribution in [0.25, 0.3) is 0 Å². The molecular formula is C14H19F3N2O. The molecule has 0 amide bonds. The average molecular weight is 288 g/mol. The molecule has 0 aliphatic heterocycles. The van der Waals surface area contributed by atoms with E-state index in [-0.39, 0.29) is 12.4 Å². The summed E-state index contributed by atoms with van der Waals surface area (Å²) in [6.45, 7) is 0.104. The zero-order chi connectivity index (χ0) is 14.6. The molecule has 20 heavy (non-hydrogen) atoms. The van der Waals surface area contributed by atoms with Crippen molar-refractivity contribution in [2.45, 2.75) is 50.3 Å². The minimum Gasteiger partial charge on any atom is -0.388 e. The number of hydrogen-bond acceptors (Lipinski definition) is 3. The van der Waals surface area contributed by atoms with Crippen LogP contribution < -0.4 is 5.32 Å². The summed E-state index contributed by atoms with van der Waals surface area (Å²) in [5.74, 6) is -0.210. The topological polar surface area (TPSA) is 45.1 Å². The van der Waals surface area contributed by atoms with E-state index in [1.807, 2.05) is 0 Å². The summed E-state index contributed by atoms with van der Waals surface area (Å²) in [6.07, 6.45) is 2.07. The third kappa shape index (κ3) is 3.85. The maximum Gasteiger partial charge on any atom is 0.419 e. The van der Waals surface area contributed by atoms with E-state index in [9.17, 15) is 18.3 Å². The van der Waals surface area contributed by atoms with E-state index >= 15 is 0 Å². The van der Waals surface area contributed by atoms with Gasteiger partial charge in [0, 0.05) is 12.7 Å². The Labute approximate surface area is 116 Å². The maximum absolute atomic E-state index is 12.8. The van der Waals surface area contributed by atoms with Crippen LogP contribution in [0.15, 0.2) is 18.3 Å². The van der Waals surface area contributed by atoms with Gasteiger partial charge < -0.3 is 10.4 Å². The van der Waals surface area contributed by atoms with E-state index in [0.29, 0.717) is 12.8 Å². The van der Waals surface area contributed by atoms with Gasteiger partial charge in [0.15, 0.2) is 0 Å². The number of rotatable bonds is 3. The van der Waals surface area contributed by atoms with Crippen LogP contribution in [0.4, 0.5) is 19.0 Å². The lowest BCUT2D eigenvalue weighted by Gasteiger charge is -2.27. The van der Waals surface area contributed by atoms with Crippen molar-refractivity contribution in [3.8, 4) is 0 Å². The van der Waals surface area contributed by atoms with Gasteiger partial charge in [-0.15, -0.1) is 0 Å². The van der Waals surface area contributed by atoms with Crippen molar-refractivity contribution < 1.29 is 18.3 Å². The molecule has 112 valence electrons. The van der Waals surface area contributed by atoms with Crippen molar-refractivity contribution >= 4 is 5.82 Å². The van der Waals surface area contributed by atoms with Crippen molar-refractivity contribution in [2.75, 3.05) is 11.9 Å². The highest BCUT2D eigenvalue weighted by atomic mass is 19.4. The van der Waals surface area contributed by atoms with Crippen LogP contribution in [0.3, 0.4) is 0 Å². The van der Waals surface area contributed by atoms with Crippen LogP contribution in [-0.2, 0) is 6.18 Å². The molecule has 1 aromatic rings. The van der Waals surface area contributed by atoms with Gasteiger partial charge in [-0.2, -0.15) is 13.2 Å². The molecule has 0 aromatic carbocycles. The van der Waals surface area contributed by atoms with E-state index in [1.165, 1.54) is 12.3 Å². The minimum atomic E-state index is -4.44. The Bertz CT molecular complexity index is 440. The van der Waals surface area contributed by atoms with Crippen LogP contribution in [0.5, 0.6) is 0 Å². The lowest BCUT2D eigenvalue weighted by atomic mass is 9.94. The number of anilines is 1. The Morgan fingerprint density at radius 3 is 2.45 bits per heavy atom. The van der Waals surface area contributed by atoms with E-state index in [1.54, 1.807) is 0 Å². The smallest absolute Gasteiger partial charge is 0.388 e. The Morgan fingerprint density at radius 1 is 1.20 bits per heavy atom. The van der Waals surface area contributed by atoms with Gasteiger partial charge in [0.2, 0.25) is 0 Å². The van der Waals surface area contributed by atoms with Crippen molar-refractivity contribution in [1.29, 1.82) is 0 Å². The van der Waals surface area contributed by atoms with Crippen LogP contribution in [0, 0.1) is 0 Å². The average Bonchev–Trinajstić information content (AvgIpc) is 2.61. The predicted octanol–water partition coefficient (Wildman–Crippen LogP) is 3.60. The monoisotopic (exact) mass is 288 g/mol. The molecule has 1 fully saturated rings. The highest BCUT2D eigenvalue weighted by Crippen LogP contribution is 2.34. The van der Waals surface area contributed by atoms with Crippen molar-refractivity contribution in [1.82, 2.24) is 4.98 Å². The van der Waals surface area contributed by atoms with Crippen LogP contribution in [-0.4, -0.2) is 22.2 Å². The first-order valence-corrected chi connectivity index (χ1v) is 6.89. The summed E-state index contributed by atoms with van der Waals surface area (Å²) >= 11 is 0.